The minimum atomic E-state index is -0.463. The quantitative estimate of drug-likeness (QED) is 0.464. The zero-order chi connectivity index (χ0) is 22.0. The molecule has 3 aromatic carbocycles. The number of hydrogen-bond acceptors (Lipinski definition) is 4. The first-order chi connectivity index (χ1) is 15.0. The second kappa shape index (κ2) is 8.96. The highest BCUT2D eigenvalue weighted by Gasteiger charge is 2.40. The van der Waals surface area contributed by atoms with Crippen LogP contribution in [0.5, 0.6) is 0 Å². The lowest BCUT2D eigenvalue weighted by molar-refractivity contribution is -0.120. The number of aryl methyl sites for hydroxylation is 1. The minimum absolute atomic E-state index is 0.149. The van der Waals surface area contributed by atoms with Crippen LogP contribution in [0.25, 0.3) is 0 Å². The fourth-order valence-corrected chi connectivity index (χ4v) is 4.18. The molecule has 1 heterocycles. The Kier molecular flexibility index (Phi) is 6.11. The molecular formula is C24H18ClFN2O2S. The van der Waals surface area contributed by atoms with Gasteiger partial charge in [-0.2, -0.15) is 0 Å². The summed E-state index contributed by atoms with van der Waals surface area (Å²) in [4.78, 5) is 28.8. The lowest BCUT2D eigenvalue weighted by atomic mass is 10.1. The number of hydrogen-bond donors (Lipinski definition) is 1. The third kappa shape index (κ3) is 4.50. The third-order valence-corrected chi connectivity index (χ3v) is 6.13. The van der Waals surface area contributed by atoms with Gasteiger partial charge in [0.15, 0.2) is 0 Å². The molecule has 156 valence electrons. The number of carbonyl (C=O) groups is 2. The summed E-state index contributed by atoms with van der Waals surface area (Å²) in [5.41, 5.74) is 2.26. The molecule has 2 amide bonds. The fourth-order valence-electron chi connectivity index (χ4n) is 3.13. The average molecular weight is 453 g/mol. The molecule has 3 aromatic rings. The van der Waals surface area contributed by atoms with Gasteiger partial charge in [0.25, 0.3) is 11.8 Å². The standard InChI is InChI=1S/C24H18ClFN2O2S/c1-2-15-3-11-19(12-4-15)28-23(29)21(27-18-9-7-17(26)8-10-18)22(24(28)30)31-20-13-5-16(25)6-14-20/h3-14,27H,2H2,1H3. The van der Waals surface area contributed by atoms with Crippen LogP contribution < -0.4 is 10.2 Å². The highest BCUT2D eigenvalue weighted by Crippen LogP contribution is 2.38. The highest BCUT2D eigenvalue weighted by molar-refractivity contribution is 8.04. The van der Waals surface area contributed by atoms with Crippen LogP contribution in [0.3, 0.4) is 0 Å². The van der Waals surface area contributed by atoms with Crippen LogP contribution in [0.1, 0.15) is 12.5 Å². The Morgan fingerprint density at radius 3 is 2.16 bits per heavy atom. The molecule has 4 rings (SSSR count). The lowest BCUT2D eigenvalue weighted by Crippen LogP contribution is -2.32. The first kappa shape index (κ1) is 21.2. The lowest BCUT2D eigenvalue weighted by Gasteiger charge is -2.15. The molecule has 1 aliphatic heterocycles. The van der Waals surface area contributed by atoms with Crippen molar-refractivity contribution in [1.29, 1.82) is 0 Å². The van der Waals surface area contributed by atoms with Crippen molar-refractivity contribution in [3.8, 4) is 0 Å². The molecular weight excluding hydrogens is 435 g/mol. The van der Waals surface area contributed by atoms with Crippen molar-refractivity contribution < 1.29 is 14.0 Å². The van der Waals surface area contributed by atoms with Crippen molar-refractivity contribution >= 4 is 46.6 Å². The van der Waals surface area contributed by atoms with E-state index in [9.17, 15) is 14.0 Å². The molecule has 0 aromatic heterocycles. The maximum absolute atomic E-state index is 13.3. The molecule has 4 nitrogen and oxygen atoms in total. The van der Waals surface area contributed by atoms with Gasteiger partial charge >= 0.3 is 0 Å². The van der Waals surface area contributed by atoms with Crippen molar-refractivity contribution in [3.63, 3.8) is 0 Å². The Hall–Kier alpha value is -3.09. The normalized spacial score (nSPS) is 13.8. The number of rotatable bonds is 6. The largest absolute Gasteiger partial charge is 0.350 e. The van der Waals surface area contributed by atoms with Gasteiger partial charge in [0.1, 0.15) is 16.4 Å². The molecule has 31 heavy (non-hydrogen) atoms. The van der Waals surface area contributed by atoms with E-state index in [0.29, 0.717) is 16.4 Å². The predicted octanol–water partition coefficient (Wildman–Crippen LogP) is 6.03. The summed E-state index contributed by atoms with van der Waals surface area (Å²) in [7, 11) is 0. The van der Waals surface area contributed by atoms with Gasteiger partial charge in [0.05, 0.1) is 5.69 Å². The van der Waals surface area contributed by atoms with Crippen LogP contribution in [0, 0.1) is 5.82 Å². The molecule has 0 fully saturated rings. The minimum Gasteiger partial charge on any atom is -0.350 e. The summed E-state index contributed by atoms with van der Waals surface area (Å²) < 4.78 is 13.3. The van der Waals surface area contributed by atoms with Crippen LogP contribution in [-0.4, -0.2) is 11.8 Å². The molecule has 0 aliphatic carbocycles. The Bertz CT molecular complexity index is 1090. The van der Waals surface area contributed by atoms with Gasteiger partial charge in [-0.15, -0.1) is 0 Å². The third-order valence-electron chi connectivity index (χ3n) is 4.79. The molecule has 1 aliphatic rings. The number of nitrogens with zero attached hydrogens (tertiary/aromatic N) is 1. The number of carbonyl (C=O) groups excluding carboxylic acids is 2. The van der Waals surface area contributed by atoms with E-state index in [0.717, 1.165) is 21.8 Å². The van der Waals surface area contributed by atoms with Crippen molar-refractivity contribution in [2.45, 2.75) is 18.2 Å². The Labute approximate surface area is 188 Å². The fraction of sp³-hybridized carbons (Fsp3) is 0.0833. The molecule has 7 heteroatoms. The topological polar surface area (TPSA) is 49.4 Å². The number of benzene rings is 3. The number of amides is 2. The van der Waals surface area contributed by atoms with Crippen molar-refractivity contribution in [2.75, 3.05) is 10.2 Å². The van der Waals surface area contributed by atoms with Gasteiger partial charge in [0, 0.05) is 15.6 Å². The summed E-state index contributed by atoms with van der Waals surface area (Å²) in [6, 6.07) is 19.9. The summed E-state index contributed by atoms with van der Waals surface area (Å²) in [6.45, 7) is 2.04. The van der Waals surface area contributed by atoms with Crippen LogP contribution in [0.15, 0.2) is 88.3 Å². The molecule has 0 bridgehead atoms. The maximum atomic E-state index is 13.3. The Balaban J connectivity index is 1.71. The van der Waals surface area contributed by atoms with Crippen molar-refractivity contribution in [1.82, 2.24) is 0 Å². The Morgan fingerprint density at radius 2 is 1.55 bits per heavy atom. The van der Waals surface area contributed by atoms with Crippen LogP contribution in [0.4, 0.5) is 15.8 Å². The molecule has 0 saturated carbocycles. The average Bonchev–Trinajstić information content (AvgIpc) is 3.01. The molecule has 1 N–H and O–H groups in total. The SMILES string of the molecule is CCc1ccc(N2C(=O)C(Nc3ccc(F)cc3)=C(Sc3ccc(Cl)cc3)C2=O)cc1. The van der Waals surface area contributed by atoms with Gasteiger partial charge < -0.3 is 5.32 Å². The summed E-state index contributed by atoms with van der Waals surface area (Å²) in [5.74, 6) is -1.27. The van der Waals surface area contributed by atoms with Gasteiger partial charge in [-0.1, -0.05) is 42.4 Å². The van der Waals surface area contributed by atoms with Crippen molar-refractivity contribution in [2.24, 2.45) is 0 Å². The van der Waals surface area contributed by atoms with Crippen LogP contribution in [0.2, 0.25) is 5.02 Å². The predicted molar refractivity (Wildman–Crippen MR) is 123 cm³/mol. The maximum Gasteiger partial charge on any atom is 0.283 e. The monoisotopic (exact) mass is 452 g/mol. The molecule has 0 saturated heterocycles. The number of anilines is 2. The van der Waals surface area contributed by atoms with Crippen LogP contribution >= 0.6 is 23.4 Å². The molecule has 0 radical (unpaired) electrons. The molecule has 0 unspecified atom stereocenters. The summed E-state index contributed by atoms with van der Waals surface area (Å²) >= 11 is 7.14. The zero-order valence-electron chi connectivity index (χ0n) is 16.6. The number of halogens is 2. The van der Waals surface area contributed by atoms with E-state index >= 15 is 0 Å². The first-order valence-electron chi connectivity index (χ1n) is 9.64. The molecule has 0 atom stereocenters. The van der Waals surface area contributed by atoms with Gasteiger partial charge in [-0.25, -0.2) is 9.29 Å². The summed E-state index contributed by atoms with van der Waals surface area (Å²) in [5, 5.41) is 3.58. The van der Waals surface area contributed by atoms with Gasteiger partial charge in [-0.3, -0.25) is 9.59 Å². The highest BCUT2D eigenvalue weighted by atomic mass is 35.5. The second-order valence-electron chi connectivity index (χ2n) is 6.86. The second-order valence-corrected chi connectivity index (χ2v) is 8.38. The van der Waals surface area contributed by atoms with E-state index in [1.807, 2.05) is 19.1 Å². The number of nitrogens with one attached hydrogen (secondary N) is 1. The van der Waals surface area contributed by atoms with Gasteiger partial charge in [-0.05, 0) is 72.6 Å². The van der Waals surface area contributed by atoms with E-state index in [1.165, 1.54) is 36.0 Å². The Morgan fingerprint density at radius 1 is 0.903 bits per heavy atom. The number of imide groups is 1. The van der Waals surface area contributed by atoms with E-state index in [1.54, 1.807) is 36.4 Å². The van der Waals surface area contributed by atoms with E-state index in [-0.39, 0.29) is 16.4 Å². The first-order valence-corrected chi connectivity index (χ1v) is 10.8. The summed E-state index contributed by atoms with van der Waals surface area (Å²) in [6.07, 6.45) is 0.857. The van der Waals surface area contributed by atoms with E-state index < -0.39 is 11.8 Å². The molecule has 0 spiro atoms. The van der Waals surface area contributed by atoms with Crippen molar-refractivity contribution in [3.05, 3.63) is 99.8 Å². The zero-order valence-corrected chi connectivity index (χ0v) is 18.1. The van der Waals surface area contributed by atoms with Gasteiger partial charge in [0.2, 0.25) is 0 Å². The van der Waals surface area contributed by atoms with Crippen LogP contribution in [-0.2, 0) is 16.0 Å². The number of thioether (sulfide) groups is 1. The smallest absolute Gasteiger partial charge is 0.283 e. The van der Waals surface area contributed by atoms with E-state index in [2.05, 4.69) is 5.32 Å². The van der Waals surface area contributed by atoms with E-state index in [4.69, 9.17) is 11.6 Å².